The van der Waals surface area contributed by atoms with Crippen molar-refractivity contribution in [3.8, 4) is 17.1 Å². The average Bonchev–Trinajstić information content (AvgIpc) is 3.55. The van der Waals surface area contributed by atoms with Crippen LogP contribution in [0.15, 0.2) is 51.3 Å². The molecule has 4 rings (SSSR count). The Bertz CT molecular complexity index is 1380. The number of aromatic nitrogens is 4. The van der Waals surface area contributed by atoms with Gasteiger partial charge in [0.05, 0.1) is 17.2 Å². The molecule has 2 N–H and O–H groups in total. The molecular weight excluding hydrogens is 559 g/mol. The maximum absolute atomic E-state index is 12.3. The third kappa shape index (κ3) is 7.89. The number of aryl methyl sites for hydroxylation is 1. The second-order valence-electron chi connectivity index (χ2n) is 7.44. The number of carbonyl (C=O) groups excluding carboxylic acids is 2. The molecule has 0 radical (unpaired) electrons. The van der Waals surface area contributed by atoms with E-state index >= 15 is 0 Å². The summed E-state index contributed by atoms with van der Waals surface area (Å²) in [6.45, 7) is 0. The first-order valence-corrected chi connectivity index (χ1v) is 13.4. The molecule has 37 heavy (non-hydrogen) atoms. The zero-order valence-corrected chi connectivity index (χ0v) is 22.5. The van der Waals surface area contributed by atoms with Crippen molar-refractivity contribution in [3.05, 3.63) is 58.4 Å². The van der Waals surface area contributed by atoms with Gasteiger partial charge in [-0.1, -0.05) is 51.5 Å². The van der Waals surface area contributed by atoms with E-state index in [4.69, 9.17) is 32.5 Å². The van der Waals surface area contributed by atoms with Crippen molar-refractivity contribution in [1.82, 2.24) is 20.3 Å². The van der Waals surface area contributed by atoms with Gasteiger partial charge in [-0.05, 0) is 42.5 Å². The standard InChI is InChI=1S/C23H20Cl2N6O4S2/c1-34-15-5-2-13(3-6-15)21-28-20(35-31-21)9-8-18(32)27-22-29-30-23(37-22)36-11-10-19(33)26-14-4-7-16(24)17(25)12-14/h2-7,12H,8-11H2,1H3,(H,26,33)(H,27,29,32). The van der Waals surface area contributed by atoms with Crippen molar-refractivity contribution < 1.29 is 18.8 Å². The zero-order valence-electron chi connectivity index (χ0n) is 19.4. The fraction of sp³-hybridized carbons (Fsp3) is 0.217. The van der Waals surface area contributed by atoms with E-state index in [-0.39, 0.29) is 31.1 Å². The lowest BCUT2D eigenvalue weighted by atomic mass is 10.2. The summed E-state index contributed by atoms with van der Waals surface area (Å²) < 4.78 is 11.0. The van der Waals surface area contributed by atoms with E-state index < -0.39 is 0 Å². The van der Waals surface area contributed by atoms with Crippen LogP contribution in [0.3, 0.4) is 0 Å². The van der Waals surface area contributed by atoms with Gasteiger partial charge in [0.25, 0.3) is 0 Å². The quantitative estimate of drug-likeness (QED) is 0.172. The van der Waals surface area contributed by atoms with Crippen LogP contribution in [0.1, 0.15) is 18.7 Å². The van der Waals surface area contributed by atoms with Crippen molar-refractivity contribution in [2.45, 2.75) is 23.6 Å². The molecule has 0 fully saturated rings. The van der Waals surface area contributed by atoms with Crippen LogP contribution in [0.25, 0.3) is 11.4 Å². The Labute approximate surface area is 230 Å². The molecule has 0 saturated carbocycles. The topological polar surface area (TPSA) is 132 Å². The van der Waals surface area contributed by atoms with Crippen molar-refractivity contribution >= 4 is 68.9 Å². The maximum atomic E-state index is 12.3. The Balaban J connectivity index is 1.18. The Morgan fingerprint density at radius 1 is 1.03 bits per heavy atom. The number of hydrogen-bond donors (Lipinski definition) is 2. The fourth-order valence-corrected chi connectivity index (χ4v) is 5.04. The van der Waals surface area contributed by atoms with Crippen molar-refractivity contribution in [2.24, 2.45) is 0 Å². The van der Waals surface area contributed by atoms with Crippen LogP contribution in [0, 0.1) is 0 Å². The average molecular weight is 579 g/mol. The summed E-state index contributed by atoms with van der Waals surface area (Å²) in [5.74, 6) is 1.59. The van der Waals surface area contributed by atoms with E-state index in [0.717, 1.165) is 11.3 Å². The second-order valence-corrected chi connectivity index (χ2v) is 10.6. The van der Waals surface area contributed by atoms with Crippen LogP contribution < -0.4 is 15.4 Å². The fourth-order valence-electron chi connectivity index (χ4n) is 2.96. The number of ether oxygens (including phenoxy) is 1. The van der Waals surface area contributed by atoms with Gasteiger partial charge >= 0.3 is 0 Å². The van der Waals surface area contributed by atoms with Crippen LogP contribution in [0.5, 0.6) is 5.75 Å². The van der Waals surface area contributed by atoms with Crippen LogP contribution in [0.2, 0.25) is 10.0 Å². The number of hydrogen-bond acceptors (Lipinski definition) is 10. The van der Waals surface area contributed by atoms with Gasteiger partial charge in [0.2, 0.25) is 28.7 Å². The van der Waals surface area contributed by atoms with E-state index in [1.807, 2.05) is 12.1 Å². The van der Waals surface area contributed by atoms with E-state index in [2.05, 4.69) is 31.0 Å². The first kappa shape index (κ1) is 26.9. The Morgan fingerprint density at radius 3 is 2.57 bits per heavy atom. The molecule has 2 amide bonds. The lowest BCUT2D eigenvalue weighted by Crippen LogP contribution is -2.12. The molecule has 4 aromatic rings. The van der Waals surface area contributed by atoms with Gasteiger partial charge in [-0.2, -0.15) is 4.98 Å². The van der Waals surface area contributed by atoms with E-state index in [0.29, 0.717) is 42.7 Å². The van der Waals surface area contributed by atoms with Gasteiger partial charge in [-0.15, -0.1) is 10.2 Å². The number of amides is 2. The molecule has 0 bridgehead atoms. The molecule has 0 saturated heterocycles. The highest BCUT2D eigenvalue weighted by atomic mass is 35.5. The summed E-state index contributed by atoms with van der Waals surface area (Å²) in [6, 6.07) is 12.2. The number of benzene rings is 2. The number of carbonyl (C=O) groups is 2. The first-order valence-electron chi connectivity index (χ1n) is 10.9. The molecule has 0 aliphatic carbocycles. The predicted molar refractivity (Wildman–Crippen MR) is 144 cm³/mol. The molecular formula is C23H20Cl2N6O4S2. The SMILES string of the molecule is COc1ccc(-c2noc(CCC(=O)Nc3nnc(SCCC(=O)Nc4ccc(Cl)c(Cl)c4)s3)n2)cc1. The minimum Gasteiger partial charge on any atom is -0.497 e. The zero-order chi connectivity index (χ0) is 26.2. The number of nitrogens with one attached hydrogen (secondary N) is 2. The number of thioether (sulfide) groups is 1. The van der Waals surface area contributed by atoms with Crippen LogP contribution in [0.4, 0.5) is 10.8 Å². The van der Waals surface area contributed by atoms with Gasteiger partial charge in [-0.3, -0.25) is 9.59 Å². The minimum absolute atomic E-state index is 0.140. The predicted octanol–water partition coefficient (Wildman–Crippen LogP) is 5.60. The number of anilines is 2. The van der Waals surface area contributed by atoms with Gasteiger partial charge in [0.15, 0.2) is 4.34 Å². The number of halogens is 2. The molecule has 0 aliphatic heterocycles. The Kier molecular flexibility index (Phi) is 9.34. The van der Waals surface area contributed by atoms with Gasteiger partial charge in [-0.25, -0.2) is 0 Å². The molecule has 0 unspecified atom stereocenters. The molecule has 14 heteroatoms. The summed E-state index contributed by atoms with van der Waals surface area (Å²) in [5, 5.41) is 18.6. The summed E-state index contributed by atoms with van der Waals surface area (Å²) in [4.78, 5) is 28.8. The summed E-state index contributed by atoms with van der Waals surface area (Å²) in [5.41, 5.74) is 1.36. The van der Waals surface area contributed by atoms with Crippen molar-refractivity contribution in [3.63, 3.8) is 0 Å². The smallest absolute Gasteiger partial charge is 0.227 e. The number of nitrogens with zero attached hydrogens (tertiary/aromatic N) is 4. The molecule has 2 heterocycles. The van der Waals surface area contributed by atoms with E-state index in [9.17, 15) is 9.59 Å². The number of rotatable bonds is 11. The molecule has 2 aromatic heterocycles. The highest BCUT2D eigenvalue weighted by molar-refractivity contribution is 8.01. The Morgan fingerprint density at radius 2 is 1.81 bits per heavy atom. The van der Waals surface area contributed by atoms with E-state index in [1.54, 1.807) is 37.4 Å². The van der Waals surface area contributed by atoms with Gasteiger partial charge in [0.1, 0.15) is 5.75 Å². The second kappa shape index (κ2) is 12.9. The summed E-state index contributed by atoms with van der Waals surface area (Å²) in [7, 11) is 1.59. The largest absolute Gasteiger partial charge is 0.497 e. The summed E-state index contributed by atoms with van der Waals surface area (Å²) >= 11 is 14.4. The summed E-state index contributed by atoms with van der Waals surface area (Å²) in [6.07, 6.45) is 0.680. The number of methoxy groups -OCH3 is 1. The third-order valence-electron chi connectivity index (χ3n) is 4.79. The molecule has 0 aliphatic rings. The molecule has 2 aromatic carbocycles. The Hall–Kier alpha value is -3.19. The van der Waals surface area contributed by atoms with Crippen LogP contribution in [-0.4, -0.2) is 45.0 Å². The molecule has 10 nitrogen and oxygen atoms in total. The molecule has 0 spiro atoms. The third-order valence-corrected chi connectivity index (χ3v) is 7.51. The lowest BCUT2D eigenvalue weighted by molar-refractivity contribution is -0.116. The van der Waals surface area contributed by atoms with Crippen molar-refractivity contribution in [1.29, 1.82) is 0 Å². The lowest BCUT2D eigenvalue weighted by Gasteiger charge is -2.05. The maximum Gasteiger partial charge on any atom is 0.227 e. The van der Waals surface area contributed by atoms with Crippen molar-refractivity contribution in [2.75, 3.05) is 23.5 Å². The highest BCUT2D eigenvalue weighted by Crippen LogP contribution is 2.27. The highest BCUT2D eigenvalue weighted by Gasteiger charge is 2.13. The normalized spacial score (nSPS) is 10.8. The van der Waals surface area contributed by atoms with Crippen LogP contribution >= 0.6 is 46.3 Å². The molecule has 0 atom stereocenters. The van der Waals surface area contributed by atoms with Crippen LogP contribution in [-0.2, 0) is 16.0 Å². The monoisotopic (exact) mass is 578 g/mol. The van der Waals surface area contributed by atoms with Gasteiger partial charge in [0, 0.05) is 36.3 Å². The molecule has 192 valence electrons. The van der Waals surface area contributed by atoms with Gasteiger partial charge < -0.3 is 19.9 Å². The minimum atomic E-state index is -0.252. The van der Waals surface area contributed by atoms with E-state index in [1.165, 1.54) is 23.1 Å². The first-order chi connectivity index (χ1) is 17.9.